The predicted octanol–water partition coefficient (Wildman–Crippen LogP) is 3.65. The van der Waals surface area contributed by atoms with E-state index < -0.39 is 10.0 Å². The Morgan fingerprint density at radius 2 is 1.89 bits per heavy atom. The molecule has 0 aromatic heterocycles. The van der Waals surface area contributed by atoms with Crippen molar-refractivity contribution in [3.05, 3.63) is 53.6 Å². The molecule has 2 atom stereocenters. The van der Waals surface area contributed by atoms with Crippen LogP contribution < -0.4 is 14.4 Å². The van der Waals surface area contributed by atoms with Gasteiger partial charge in [-0.25, -0.2) is 8.42 Å². The molecule has 1 N–H and O–H groups in total. The maximum Gasteiger partial charge on any atom is 0.229 e. The second-order valence-electron chi connectivity index (χ2n) is 6.49. The summed E-state index contributed by atoms with van der Waals surface area (Å²) in [4.78, 5) is 2.20. The fraction of sp³-hybridized carbons (Fsp3) is 0.350. The fourth-order valence-electron chi connectivity index (χ4n) is 3.63. The van der Waals surface area contributed by atoms with Crippen molar-refractivity contribution in [3.8, 4) is 11.8 Å². The minimum Gasteiger partial charge on any atom is -0.494 e. The molecule has 0 amide bonds. The van der Waals surface area contributed by atoms with Crippen LogP contribution in [-0.2, 0) is 10.0 Å². The van der Waals surface area contributed by atoms with E-state index in [1.54, 1.807) is 12.1 Å². The number of hydrogen-bond acceptors (Lipinski definition) is 5. The first-order valence-electron chi connectivity index (χ1n) is 8.88. The van der Waals surface area contributed by atoms with Crippen LogP contribution >= 0.6 is 0 Å². The third kappa shape index (κ3) is 3.86. The summed E-state index contributed by atoms with van der Waals surface area (Å²) in [5, 5.41) is 9.84. The number of fused-ring (bicyclic) bond motifs is 1. The Balaban J connectivity index is 1.98. The monoisotopic (exact) mass is 385 g/mol. The van der Waals surface area contributed by atoms with Crippen LogP contribution in [0.4, 0.5) is 11.4 Å². The lowest BCUT2D eigenvalue weighted by molar-refractivity contribution is 0.340. The lowest BCUT2D eigenvalue weighted by Gasteiger charge is -2.28. The average molecular weight is 385 g/mol. The van der Waals surface area contributed by atoms with Crippen LogP contribution in [0, 0.1) is 11.3 Å². The molecule has 0 saturated heterocycles. The maximum atomic E-state index is 11.4. The summed E-state index contributed by atoms with van der Waals surface area (Å²) in [7, 11) is -3.32. The van der Waals surface area contributed by atoms with Gasteiger partial charge in [0.25, 0.3) is 0 Å². The zero-order valence-electron chi connectivity index (χ0n) is 15.6. The molecule has 1 heterocycles. The molecule has 7 heteroatoms. The van der Waals surface area contributed by atoms with E-state index >= 15 is 0 Å². The third-order valence-corrected chi connectivity index (χ3v) is 5.25. The summed E-state index contributed by atoms with van der Waals surface area (Å²) in [6.45, 7) is 5.33. The second-order valence-corrected chi connectivity index (χ2v) is 8.24. The molecule has 3 rings (SSSR count). The fourth-order valence-corrected chi connectivity index (χ4v) is 4.20. The molecular weight excluding hydrogens is 362 g/mol. The van der Waals surface area contributed by atoms with E-state index in [9.17, 15) is 13.7 Å². The van der Waals surface area contributed by atoms with Crippen molar-refractivity contribution in [1.29, 1.82) is 5.26 Å². The number of likely N-dealkylation sites (N-methyl/N-ethyl adjacent to an activating group) is 1. The lowest BCUT2D eigenvalue weighted by atomic mass is 9.91. The highest BCUT2D eigenvalue weighted by atomic mass is 32.2. The Morgan fingerprint density at radius 1 is 1.19 bits per heavy atom. The van der Waals surface area contributed by atoms with E-state index in [4.69, 9.17) is 4.74 Å². The minimum atomic E-state index is -3.32. The van der Waals surface area contributed by atoms with Gasteiger partial charge in [-0.15, -0.1) is 0 Å². The van der Waals surface area contributed by atoms with E-state index in [0.29, 0.717) is 12.3 Å². The van der Waals surface area contributed by atoms with Crippen LogP contribution in [0.15, 0.2) is 42.5 Å². The van der Waals surface area contributed by atoms with Crippen LogP contribution in [-0.4, -0.2) is 27.8 Å². The van der Waals surface area contributed by atoms with Gasteiger partial charge >= 0.3 is 0 Å². The minimum absolute atomic E-state index is 0.126. The molecule has 0 spiro atoms. The van der Waals surface area contributed by atoms with Crippen molar-refractivity contribution in [2.45, 2.75) is 25.8 Å². The first kappa shape index (κ1) is 19.1. The number of sulfonamides is 1. The molecule has 2 unspecified atom stereocenters. The van der Waals surface area contributed by atoms with E-state index in [-0.39, 0.29) is 12.0 Å². The maximum absolute atomic E-state index is 11.4. The number of nitrogens with one attached hydrogen (secondary N) is 1. The summed E-state index contributed by atoms with van der Waals surface area (Å²) in [6.07, 6.45) is 1.12. The van der Waals surface area contributed by atoms with Crippen molar-refractivity contribution in [3.63, 3.8) is 0 Å². The zero-order valence-corrected chi connectivity index (χ0v) is 16.5. The van der Waals surface area contributed by atoms with Crippen LogP contribution in [0.25, 0.3) is 0 Å². The molecule has 142 valence electrons. The standard InChI is InChI=1S/C20H23N3O3S/c1-4-23-19-12-16(26-5-2)10-11-17(19)18(13-21)20(23)14-6-8-15(9-7-14)22-27(3,24)25/h6-12,18,20,22H,4-5H2,1-3H3. The van der Waals surface area contributed by atoms with Gasteiger partial charge in [-0.3, -0.25) is 4.72 Å². The van der Waals surface area contributed by atoms with Gasteiger partial charge in [0.05, 0.1) is 30.9 Å². The van der Waals surface area contributed by atoms with Gasteiger partial charge in [-0.05, 0) is 43.2 Å². The lowest BCUT2D eigenvalue weighted by Crippen LogP contribution is -2.26. The highest BCUT2D eigenvalue weighted by molar-refractivity contribution is 7.92. The van der Waals surface area contributed by atoms with E-state index in [1.807, 2.05) is 37.3 Å². The molecule has 2 aromatic rings. The molecule has 0 radical (unpaired) electrons. The number of nitrogens with zero attached hydrogens (tertiary/aromatic N) is 2. The van der Waals surface area contributed by atoms with Crippen molar-refractivity contribution in [1.82, 2.24) is 0 Å². The van der Waals surface area contributed by atoms with Gasteiger partial charge in [-0.2, -0.15) is 5.26 Å². The number of benzene rings is 2. The van der Waals surface area contributed by atoms with Crippen molar-refractivity contribution < 1.29 is 13.2 Å². The predicted molar refractivity (Wildman–Crippen MR) is 107 cm³/mol. The molecule has 2 aromatic carbocycles. The highest BCUT2D eigenvalue weighted by Gasteiger charge is 2.39. The smallest absolute Gasteiger partial charge is 0.229 e. The molecule has 0 saturated carbocycles. The summed E-state index contributed by atoms with van der Waals surface area (Å²) in [6, 6.07) is 15.4. The number of anilines is 2. The highest BCUT2D eigenvalue weighted by Crippen LogP contribution is 2.49. The normalized spacial score (nSPS) is 18.7. The topological polar surface area (TPSA) is 82.4 Å². The van der Waals surface area contributed by atoms with Crippen LogP contribution in [0.2, 0.25) is 0 Å². The van der Waals surface area contributed by atoms with E-state index in [1.165, 1.54) is 0 Å². The molecule has 6 nitrogen and oxygen atoms in total. The zero-order chi connectivity index (χ0) is 19.6. The van der Waals surface area contributed by atoms with Crippen molar-refractivity contribution in [2.75, 3.05) is 29.0 Å². The molecule has 0 fully saturated rings. The average Bonchev–Trinajstić information content (AvgIpc) is 2.94. The van der Waals surface area contributed by atoms with Gasteiger partial charge in [0.2, 0.25) is 10.0 Å². The van der Waals surface area contributed by atoms with Crippen molar-refractivity contribution in [2.24, 2.45) is 0 Å². The Labute approximate surface area is 160 Å². The first-order chi connectivity index (χ1) is 12.9. The quantitative estimate of drug-likeness (QED) is 0.821. The van der Waals surface area contributed by atoms with Crippen LogP contribution in [0.3, 0.4) is 0 Å². The summed E-state index contributed by atoms with van der Waals surface area (Å²) in [5.41, 5.74) is 3.48. The summed E-state index contributed by atoms with van der Waals surface area (Å²) in [5.74, 6) is 0.490. The summed E-state index contributed by atoms with van der Waals surface area (Å²) >= 11 is 0. The van der Waals surface area contributed by atoms with Gasteiger partial charge < -0.3 is 9.64 Å². The Kier molecular flexibility index (Phi) is 5.29. The number of hydrogen-bond donors (Lipinski definition) is 1. The van der Waals surface area contributed by atoms with Crippen LogP contribution in [0.5, 0.6) is 5.75 Å². The third-order valence-electron chi connectivity index (χ3n) is 4.64. The number of ether oxygens (including phenoxy) is 1. The molecule has 1 aliphatic heterocycles. The van der Waals surface area contributed by atoms with Gasteiger partial charge in [0, 0.05) is 24.0 Å². The molecule has 0 bridgehead atoms. The Bertz CT molecular complexity index is 965. The van der Waals surface area contributed by atoms with Gasteiger partial charge in [-0.1, -0.05) is 18.2 Å². The number of nitriles is 1. The number of rotatable bonds is 6. The van der Waals surface area contributed by atoms with Crippen LogP contribution in [0.1, 0.15) is 36.9 Å². The largest absolute Gasteiger partial charge is 0.494 e. The van der Waals surface area contributed by atoms with E-state index in [0.717, 1.165) is 35.4 Å². The Morgan fingerprint density at radius 3 is 2.44 bits per heavy atom. The Hall–Kier alpha value is -2.72. The van der Waals surface area contributed by atoms with Crippen molar-refractivity contribution >= 4 is 21.4 Å². The second kappa shape index (κ2) is 7.49. The van der Waals surface area contributed by atoms with E-state index in [2.05, 4.69) is 22.6 Å². The van der Waals surface area contributed by atoms with Gasteiger partial charge in [0.1, 0.15) is 5.75 Å². The molecule has 27 heavy (non-hydrogen) atoms. The van der Waals surface area contributed by atoms with Gasteiger partial charge in [0.15, 0.2) is 0 Å². The SMILES string of the molecule is CCOc1ccc2c(c1)N(CC)C(c1ccc(NS(C)(=O)=O)cc1)C2C#N. The summed E-state index contributed by atoms with van der Waals surface area (Å²) < 4.78 is 30.9. The molecular formula is C20H23N3O3S. The molecule has 1 aliphatic rings. The molecule has 0 aliphatic carbocycles. The first-order valence-corrected chi connectivity index (χ1v) is 10.8.